The van der Waals surface area contributed by atoms with Crippen LogP contribution in [0.2, 0.25) is 0 Å². The topological polar surface area (TPSA) is 403 Å². The Morgan fingerprint density at radius 2 is 0.797 bits per heavy atom. The number of methoxy groups -OCH3 is 2. The van der Waals surface area contributed by atoms with E-state index < -0.39 is 204 Å². The highest BCUT2D eigenvalue weighted by atomic mass is 16.7. The van der Waals surface area contributed by atoms with Gasteiger partial charge in [-0.15, -0.1) is 0 Å². The first kappa shape index (κ1) is 101. The minimum Gasteiger partial charge on any atom is -0.459 e. The molecule has 0 radical (unpaired) electrons. The lowest BCUT2D eigenvalue weighted by Gasteiger charge is -2.49. The van der Waals surface area contributed by atoms with Crippen LogP contribution in [0.25, 0.3) is 0 Å². The van der Waals surface area contributed by atoms with Gasteiger partial charge in [0.2, 0.25) is 0 Å². The first-order valence-electron chi connectivity index (χ1n) is 43.2. The van der Waals surface area contributed by atoms with Crippen LogP contribution >= 0.6 is 0 Å². The summed E-state index contributed by atoms with van der Waals surface area (Å²) in [6.07, 6.45) is -12.7. The number of rotatable bonds is 24. The Balaban J connectivity index is 1.05. The summed E-state index contributed by atoms with van der Waals surface area (Å²) >= 11 is 0. The van der Waals surface area contributed by atoms with Crippen molar-refractivity contribution in [3.63, 3.8) is 0 Å². The monoisotopic (exact) mass is 1690 g/mol. The molecule has 0 aliphatic carbocycles. The summed E-state index contributed by atoms with van der Waals surface area (Å²) in [6, 6.07) is -0.755. The van der Waals surface area contributed by atoms with Gasteiger partial charge in [0.1, 0.15) is 61.0 Å². The zero-order valence-corrected chi connectivity index (χ0v) is 75.6. The van der Waals surface area contributed by atoms with Gasteiger partial charge in [0.15, 0.2) is 25.2 Å². The van der Waals surface area contributed by atoms with Gasteiger partial charge in [0, 0.05) is 114 Å². The van der Waals surface area contributed by atoms with Crippen LogP contribution in [0.1, 0.15) is 190 Å². The lowest BCUT2D eigenvalue weighted by Crippen LogP contribution is -2.61. The van der Waals surface area contributed by atoms with E-state index in [1.165, 1.54) is 28.1 Å². The molecule has 7 aliphatic heterocycles. The molecule has 7 fully saturated rings. The van der Waals surface area contributed by atoms with Crippen molar-refractivity contribution < 1.29 is 127 Å². The van der Waals surface area contributed by atoms with Gasteiger partial charge in [0.25, 0.3) is 0 Å². The average molecular weight is 1690 g/mol. The summed E-state index contributed by atoms with van der Waals surface area (Å²) in [5.41, 5.74) is -9.36. The van der Waals surface area contributed by atoms with Crippen molar-refractivity contribution in [2.45, 2.75) is 358 Å². The van der Waals surface area contributed by atoms with Gasteiger partial charge in [-0.3, -0.25) is 19.4 Å². The van der Waals surface area contributed by atoms with Crippen molar-refractivity contribution in [1.29, 1.82) is 0 Å². The Hall–Kier alpha value is -3.60. The zero-order valence-electron chi connectivity index (χ0n) is 75.6. The van der Waals surface area contributed by atoms with E-state index in [4.69, 9.17) is 66.5 Å². The molecule has 7 aliphatic rings. The highest BCUT2D eigenvalue weighted by Gasteiger charge is 2.57. The number of esters is 2. The van der Waals surface area contributed by atoms with E-state index in [0.717, 1.165) is 26.2 Å². The molecule has 0 amide bonds. The summed E-state index contributed by atoms with van der Waals surface area (Å²) in [4.78, 5) is 50.0. The largest absolute Gasteiger partial charge is 0.459 e. The average Bonchev–Trinajstić information content (AvgIpc) is 0.776. The van der Waals surface area contributed by atoms with E-state index in [2.05, 4.69) is 20.1 Å². The van der Waals surface area contributed by atoms with Crippen LogP contribution in [-0.2, 0) is 76.1 Å². The number of cyclic esters (lactones) is 2. The number of aliphatic hydroxyl groups excluding tert-OH is 6. The van der Waals surface area contributed by atoms with Crippen molar-refractivity contribution in [3.05, 3.63) is 24.3 Å². The van der Waals surface area contributed by atoms with Gasteiger partial charge in [0.05, 0.1) is 107 Å². The lowest BCUT2D eigenvalue weighted by atomic mass is 9.73. The van der Waals surface area contributed by atoms with Crippen LogP contribution < -0.4 is 0 Å². The molecule has 0 aromatic carbocycles. The number of oxime groups is 2. The highest BCUT2D eigenvalue weighted by molar-refractivity contribution is 5.89. The van der Waals surface area contributed by atoms with Gasteiger partial charge in [-0.25, -0.2) is 0 Å². The van der Waals surface area contributed by atoms with E-state index in [1.807, 2.05) is 90.0 Å². The second kappa shape index (κ2) is 43.1. The molecule has 0 aromatic rings. The maximum atomic E-state index is 14.7. The van der Waals surface area contributed by atoms with Crippen LogP contribution in [0.15, 0.2) is 34.6 Å². The lowest BCUT2D eigenvalue weighted by molar-refractivity contribution is -0.318. The maximum Gasteiger partial charge on any atom is 0.311 e. The minimum atomic E-state index is -2.04. The van der Waals surface area contributed by atoms with Gasteiger partial charge >= 0.3 is 11.9 Å². The van der Waals surface area contributed by atoms with Crippen LogP contribution in [0.5, 0.6) is 0 Å². The first-order valence-corrected chi connectivity index (χ1v) is 43.2. The third kappa shape index (κ3) is 24.5. The summed E-state index contributed by atoms with van der Waals surface area (Å²) in [7, 11) is 10.4. The van der Waals surface area contributed by atoms with Gasteiger partial charge < -0.3 is 127 Å². The molecule has 7 heterocycles. The summed E-state index contributed by atoms with van der Waals surface area (Å²) in [5.74, 6) is -8.78. The van der Waals surface area contributed by atoms with Gasteiger partial charge in [-0.2, -0.15) is 0 Å². The van der Waals surface area contributed by atoms with E-state index in [1.54, 1.807) is 96.9 Å². The summed E-state index contributed by atoms with van der Waals surface area (Å²) < 4.78 is 76.7. The molecule has 32 heteroatoms. The molecule has 4 unspecified atom stereocenters. The number of aliphatic hydroxyl groups is 10. The second-order valence-corrected chi connectivity index (χ2v) is 37.3. The fourth-order valence-corrected chi connectivity index (χ4v) is 19.2. The molecule has 32 nitrogen and oxygen atoms in total. The van der Waals surface area contributed by atoms with Crippen molar-refractivity contribution in [3.8, 4) is 0 Å². The fourth-order valence-electron chi connectivity index (χ4n) is 19.2. The van der Waals surface area contributed by atoms with Crippen LogP contribution in [0.3, 0.4) is 0 Å². The molecular formula is C86H154N6O26. The van der Waals surface area contributed by atoms with Crippen molar-refractivity contribution in [2.24, 2.45) is 57.7 Å². The predicted octanol–water partition coefficient (Wildman–Crippen LogP) is 4.92. The zero-order chi connectivity index (χ0) is 88.4. The SMILES string of the molecule is CC[C@@H]1OC(=O)[C@H](C)[C@H](OC2C[C@](C)(OC)[C@H](O)[C@@H](C)O2)[C@H](C)[C@H](OC2O[C@@H](C)C[C@@H](N(C)C)[C@@H]2O)[C@@](C)(O)C[C@H](C)/C(=N\OC/C=C/CN2CCN(C/C=C/CO/N=C3\[C@H](C)C[C@@](C)(O)[C@H](OC4O[C@H](C)C[C@H](N(C)C)[C@H]4O)[C@@H](C)[C@H](OC4C[C@@](C)(OC)[C@@H](O)[C@H](C)O4)[C@@H](C)C(=O)O[C@H](CC)[C@@](C)(O)[C@H](O)[C@H]3C)CC2)[C@@H](C)[C@H](O)[C@@]1(C)O. The molecular weight excluding hydrogens is 1530 g/mol. The molecule has 0 saturated carbocycles. The number of hydrogen-bond acceptors (Lipinski definition) is 32. The summed E-state index contributed by atoms with van der Waals surface area (Å²) in [5, 5.41) is 131. The number of hydrogen-bond donors (Lipinski definition) is 10. The number of piperazine rings is 1. The summed E-state index contributed by atoms with van der Waals surface area (Å²) in [6.45, 7) is 38.3. The molecule has 684 valence electrons. The number of carbonyl (C=O) groups is 2. The normalized spacial score (nSPS) is 46.7. The van der Waals surface area contributed by atoms with Crippen molar-refractivity contribution in [2.75, 3.05) is 94.9 Å². The second-order valence-electron chi connectivity index (χ2n) is 37.3. The van der Waals surface area contributed by atoms with E-state index in [-0.39, 0.29) is 76.0 Å². The predicted molar refractivity (Wildman–Crippen MR) is 440 cm³/mol. The fraction of sp³-hybridized carbons (Fsp3) is 0.907. The number of nitrogens with zero attached hydrogens (tertiary/aromatic N) is 6. The Kier molecular flexibility index (Phi) is 37.0. The third-order valence-corrected chi connectivity index (χ3v) is 26.9. The van der Waals surface area contributed by atoms with E-state index in [0.29, 0.717) is 37.4 Å². The molecule has 0 aromatic heterocycles. The quantitative estimate of drug-likeness (QED) is 0.0265. The number of carbonyl (C=O) groups excluding carboxylic acids is 2. The maximum absolute atomic E-state index is 14.7. The molecule has 7 rings (SSSR count). The van der Waals surface area contributed by atoms with Gasteiger partial charge in [-0.05, 0) is 162 Å². The van der Waals surface area contributed by atoms with Crippen LogP contribution in [0, 0.1) is 47.3 Å². The Morgan fingerprint density at radius 1 is 0.466 bits per heavy atom. The Bertz CT molecular complexity index is 3030. The smallest absolute Gasteiger partial charge is 0.311 e. The van der Waals surface area contributed by atoms with Gasteiger partial charge in [-0.1, -0.05) is 77.9 Å². The van der Waals surface area contributed by atoms with Crippen molar-refractivity contribution >= 4 is 23.4 Å². The molecule has 7 saturated heterocycles. The van der Waals surface area contributed by atoms with Crippen LogP contribution in [-0.4, -0.2) is 357 Å². The number of ether oxygens (including phenoxy) is 12. The molecule has 36 atom stereocenters. The minimum absolute atomic E-state index is 0.0304. The Labute approximate surface area is 702 Å². The molecule has 10 N–H and O–H groups in total. The third-order valence-electron chi connectivity index (χ3n) is 26.9. The van der Waals surface area contributed by atoms with Crippen LogP contribution in [0.4, 0.5) is 0 Å². The van der Waals surface area contributed by atoms with Crippen molar-refractivity contribution in [1.82, 2.24) is 19.6 Å². The number of likely N-dealkylation sites (N-methyl/N-ethyl adjacent to an activating group) is 2. The Morgan fingerprint density at radius 3 is 1.10 bits per heavy atom. The molecule has 118 heavy (non-hydrogen) atoms. The molecule has 0 bridgehead atoms. The van der Waals surface area contributed by atoms with E-state index in [9.17, 15) is 60.7 Å². The van der Waals surface area contributed by atoms with E-state index >= 15 is 0 Å². The first-order chi connectivity index (χ1) is 55.0. The molecule has 0 spiro atoms. The highest BCUT2D eigenvalue weighted by Crippen LogP contribution is 2.45. The standard InChI is InChI=1S/C86H154N6O26/c1-27-61-85(19,103)71(95)51(7)65(47(3)43-81(15,101)75(117-79-67(93)59(89(21)22)41-49(5)109-79)53(9)69(55(11)77(99)113-61)115-63-45-83(17,105-25)73(97)57(13)111-63)87-107-39-31-29-33-91-35-37-92(38-36-91)34-30-32-40-108-88-66-48(4)44-82(16,102)76(118-80-68(94)60(90(23)24)42-50(6)110-80)54(10)70(116-64-46-84(18,106-26)74(98)58(14)112-64)56(12)78(100)114-62(28-2)86(20,104)72(96)52(66)8/h29-32,47-64,67-76,79-80,93-98,101-104H,27-28,33-46H2,1-26H3/b31-29+,32-30+,87-65+,88-66+/t47-,48+,49-,50+,51+,52-,53-,54-,55+,56+,57+,58-,59+,60-,61-,62+,63?,64?,67-,68+,69+,70-,71-,72+,73+,74-,75-,76+,79?,80?,81-,82+,83-,84+,85-,86+/m0/s1.